The second-order valence-corrected chi connectivity index (χ2v) is 3.37. The fraction of sp³-hybridized carbons (Fsp3) is 0.429. The van der Waals surface area contributed by atoms with Crippen molar-refractivity contribution in [1.29, 1.82) is 0 Å². The lowest BCUT2D eigenvalue weighted by Gasteiger charge is -2.02. The molecule has 3 N–H and O–H groups in total. The van der Waals surface area contributed by atoms with Gasteiger partial charge < -0.3 is 15.3 Å². The maximum Gasteiger partial charge on any atom is 0.134 e. The summed E-state index contributed by atoms with van der Waals surface area (Å²) in [5, 5.41) is 27.0. The molecule has 0 fully saturated rings. The zero-order chi connectivity index (χ0) is 12.9. The molecule has 0 saturated carbocycles. The topological polar surface area (TPSA) is 60.7 Å². The summed E-state index contributed by atoms with van der Waals surface area (Å²) in [5.74, 6) is 10.1. The predicted octanol–water partition coefficient (Wildman–Crippen LogP) is 0.620. The van der Waals surface area contributed by atoms with Gasteiger partial charge in [-0.1, -0.05) is 24.5 Å². The van der Waals surface area contributed by atoms with Crippen molar-refractivity contribution >= 4 is 0 Å². The van der Waals surface area contributed by atoms with Gasteiger partial charge >= 0.3 is 0 Å². The van der Waals surface area contributed by atoms with Crippen molar-refractivity contribution in [1.82, 2.24) is 0 Å². The zero-order valence-electron chi connectivity index (χ0n) is 9.76. The number of rotatable bonds is 6. The van der Waals surface area contributed by atoms with E-state index in [-0.39, 0.29) is 6.61 Å². The fourth-order valence-electron chi connectivity index (χ4n) is 0.967. The SMILES string of the molecule is C=C[C@H](O)C#CC#C/C=C/[C@H](O)CCCCO. The van der Waals surface area contributed by atoms with Gasteiger partial charge in [-0.05, 0) is 43.3 Å². The second kappa shape index (κ2) is 11.0. The van der Waals surface area contributed by atoms with E-state index in [1.165, 1.54) is 12.2 Å². The first-order chi connectivity index (χ1) is 8.20. The first-order valence-electron chi connectivity index (χ1n) is 5.48. The quantitative estimate of drug-likeness (QED) is 0.359. The van der Waals surface area contributed by atoms with Crippen molar-refractivity contribution in [3.05, 3.63) is 24.8 Å². The van der Waals surface area contributed by atoms with Crippen LogP contribution in [-0.4, -0.2) is 34.1 Å². The van der Waals surface area contributed by atoms with Gasteiger partial charge in [0.05, 0.1) is 6.10 Å². The van der Waals surface area contributed by atoms with Crippen LogP contribution in [-0.2, 0) is 0 Å². The van der Waals surface area contributed by atoms with Gasteiger partial charge in [0.15, 0.2) is 0 Å². The molecular formula is C14H18O3. The van der Waals surface area contributed by atoms with Crippen LogP contribution in [0, 0.1) is 23.7 Å². The number of unbranched alkanes of at least 4 members (excludes halogenated alkanes) is 1. The van der Waals surface area contributed by atoms with E-state index in [9.17, 15) is 5.11 Å². The Hall–Kier alpha value is -1.52. The van der Waals surface area contributed by atoms with E-state index in [1.807, 2.05) is 0 Å². The molecule has 3 nitrogen and oxygen atoms in total. The van der Waals surface area contributed by atoms with Crippen LogP contribution in [0.15, 0.2) is 24.8 Å². The van der Waals surface area contributed by atoms with Gasteiger partial charge in [-0.3, -0.25) is 0 Å². The van der Waals surface area contributed by atoms with Crippen LogP contribution in [0.4, 0.5) is 0 Å². The third kappa shape index (κ3) is 10.8. The third-order valence-corrected chi connectivity index (χ3v) is 1.89. The number of allylic oxidation sites excluding steroid dienone is 1. The first kappa shape index (κ1) is 15.5. The largest absolute Gasteiger partial charge is 0.396 e. The maximum atomic E-state index is 9.43. The number of aliphatic hydroxyl groups excluding tert-OH is 3. The van der Waals surface area contributed by atoms with E-state index in [0.717, 1.165) is 6.42 Å². The first-order valence-corrected chi connectivity index (χ1v) is 5.48. The summed E-state index contributed by atoms with van der Waals surface area (Å²) in [4.78, 5) is 0. The van der Waals surface area contributed by atoms with Crippen LogP contribution < -0.4 is 0 Å². The molecule has 92 valence electrons. The normalized spacial score (nSPS) is 13.1. The average molecular weight is 234 g/mol. The minimum atomic E-state index is -0.850. The number of hydrogen-bond donors (Lipinski definition) is 3. The van der Waals surface area contributed by atoms with Crippen LogP contribution >= 0.6 is 0 Å². The van der Waals surface area contributed by atoms with Gasteiger partial charge in [-0.25, -0.2) is 0 Å². The van der Waals surface area contributed by atoms with Crippen LogP contribution in [0.5, 0.6) is 0 Å². The Bertz CT molecular complexity index is 349. The lowest BCUT2D eigenvalue weighted by atomic mass is 10.1. The molecule has 0 aliphatic rings. The molecule has 3 heteroatoms. The third-order valence-electron chi connectivity index (χ3n) is 1.89. The Morgan fingerprint density at radius 1 is 1.18 bits per heavy atom. The van der Waals surface area contributed by atoms with Gasteiger partial charge in [0, 0.05) is 6.61 Å². The van der Waals surface area contributed by atoms with E-state index in [2.05, 4.69) is 30.3 Å². The molecule has 0 bridgehead atoms. The van der Waals surface area contributed by atoms with Crippen molar-refractivity contribution in [3.63, 3.8) is 0 Å². The van der Waals surface area contributed by atoms with Gasteiger partial charge in [-0.15, -0.1) is 0 Å². The molecule has 0 radical (unpaired) electrons. The Labute approximate surface area is 102 Å². The summed E-state index contributed by atoms with van der Waals surface area (Å²) in [6, 6.07) is 0. The van der Waals surface area contributed by atoms with Crippen LogP contribution in [0.25, 0.3) is 0 Å². The lowest BCUT2D eigenvalue weighted by Crippen LogP contribution is -2.01. The van der Waals surface area contributed by atoms with E-state index < -0.39 is 12.2 Å². The van der Waals surface area contributed by atoms with Crippen molar-refractivity contribution in [3.8, 4) is 23.7 Å². The van der Waals surface area contributed by atoms with Crippen molar-refractivity contribution in [2.75, 3.05) is 6.61 Å². The smallest absolute Gasteiger partial charge is 0.134 e. The highest BCUT2D eigenvalue weighted by Crippen LogP contribution is 2.00. The summed E-state index contributed by atoms with van der Waals surface area (Å²) < 4.78 is 0. The average Bonchev–Trinajstić information content (AvgIpc) is 2.33. The Balaban J connectivity index is 3.88. The molecule has 17 heavy (non-hydrogen) atoms. The van der Waals surface area contributed by atoms with E-state index in [4.69, 9.17) is 10.2 Å². The maximum absolute atomic E-state index is 9.43. The van der Waals surface area contributed by atoms with E-state index >= 15 is 0 Å². The molecule has 0 aliphatic carbocycles. The zero-order valence-corrected chi connectivity index (χ0v) is 9.76. The highest BCUT2D eigenvalue weighted by Gasteiger charge is 1.96. The number of aliphatic hydroxyl groups is 3. The summed E-state index contributed by atoms with van der Waals surface area (Å²) >= 11 is 0. The molecule has 0 aromatic heterocycles. The second-order valence-electron chi connectivity index (χ2n) is 3.37. The molecule has 0 unspecified atom stereocenters. The predicted molar refractivity (Wildman–Crippen MR) is 67.8 cm³/mol. The van der Waals surface area contributed by atoms with E-state index in [0.29, 0.717) is 12.8 Å². The van der Waals surface area contributed by atoms with Gasteiger partial charge in [0.25, 0.3) is 0 Å². The molecule has 0 spiro atoms. The minimum absolute atomic E-state index is 0.150. The molecule has 0 saturated heterocycles. The monoisotopic (exact) mass is 234 g/mol. The van der Waals surface area contributed by atoms with E-state index in [1.54, 1.807) is 6.08 Å². The summed E-state index contributed by atoms with van der Waals surface area (Å²) in [6.07, 6.45) is 5.12. The molecule has 0 amide bonds. The summed E-state index contributed by atoms with van der Waals surface area (Å²) in [5.41, 5.74) is 0. The summed E-state index contributed by atoms with van der Waals surface area (Å²) in [7, 11) is 0. The standard InChI is InChI=1S/C14H18O3/c1-2-13(16)9-5-3-4-6-10-14(17)11-7-8-12-15/h2,6,10,13-17H,1,7-8,11-12H2/b10-6+/t13-,14-/m0/s1. The van der Waals surface area contributed by atoms with Crippen LogP contribution in [0.2, 0.25) is 0 Å². The van der Waals surface area contributed by atoms with Gasteiger partial charge in [0.2, 0.25) is 0 Å². The Morgan fingerprint density at radius 3 is 2.59 bits per heavy atom. The molecule has 0 aliphatic heterocycles. The Morgan fingerprint density at radius 2 is 1.94 bits per heavy atom. The van der Waals surface area contributed by atoms with Gasteiger partial charge in [-0.2, -0.15) is 0 Å². The molecule has 0 heterocycles. The molecule has 0 rings (SSSR count). The highest BCUT2D eigenvalue weighted by molar-refractivity contribution is 5.32. The van der Waals surface area contributed by atoms with Crippen LogP contribution in [0.1, 0.15) is 19.3 Å². The molecule has 0 aromatic carbocycles. The van der Waals surface area contributed by atoms with Gasteiger partial charge in [0.1, 0.15) is 6.10 Å². The summed E-state index contributed by atoms with van der Waals surface area (Å²) in [6.45, 7) is 3.52. The Kier molecular flexibility index (Phi) is 10.00. The van der Waals surface area contributed by atoms with Crippen molar-refractivity contribution in [2.45, 2.75) is 31.5 Å². The number of hydrogen-bond acceptors (Lipinski definition) is 3. The van der Waals surface area contributed by atoms with Crippen molar-refractivity contribution < 1.29 is 15.3 Å². The molecular weight excluding hydrogens is 216 g/mol. The molecule has 0 aromatic rings. The van der Waals surface area contributed by atoms with Crippen molar-refractivity contribution in [2.24, 2.45) is 0 Å². The lowest BCUT2D eigenvalue weighted by molar-refractivity contribution is 0.201. The van der Waals surface area contributed by atoms with Crippen LogP contribution in [0.3, 0.4) is 0 Å². The molecule has 2 atom stereocenters. The minimum Gasteiger partial charge on any atom is -0.396 e. The fourth-order valence-corrected chi connectivity index (χ4v) is 0.967. The highest BCUT2D eigenvalue weighted by atomic mass is 16.3.